The van der Waals surface area contributed by atoms with E-state index < -0.39 is 28.3 Å². The highest BCUT2D eigenvalue weighted by Gasteiger charge is 2.16. The fourth-order valence-electron chi connectivity index (χ4n) is 1.06. The van der Waals surface area contributed by atoms with Crippen LogP contribution in [0.25, 0.3) is 0 Å². The number of halogens is 4. The zero-order valence-corrected chi connectivity index (χ0v) is 9.23. The summed E-state index contributed by atoms with van der Waals surface area (Å²) in [6.07, 6.45) is 0. The van der Waals surface area contributed by atoms with E-state index >= 15 is 0 Å². The average Bonchev–Trinajstić information content (AvgIpc) is 2.06. The Morgan fingerprint density at radius 1 is 1.38 bits per heavy atom. The summed E-state index contributed by atoms with van der Waals surface area (Å²) in [6.45, 7) is -3.12. The van der Waals surface area contributed by atoms with Crippen LogP contribution in [0.3, 0.4) is 0 Å². The van der Waals surface area contributed by atoms with Gasteiger partial charge in [0.05, 0.1) is 0 Å². The van der Waals surface area contributed by atoms with E-state index in [-0.39, 0.29) is 10.6 Å². The van der Waals surface area contributed by atoms with Gasteiger partial charge in [-0.1, -0.05) is 11.6 Å². The third-order valence-electron chi connectivity index (χ3n) is 1.57. The molecule has 0 aliphatic carbocycles. The highest BCUT2D eigenvalue weighted by Crippen LogP contribution is 2.26. The van der Waals surface area contributed by atoms with E-state index in [1.54, 1.807) is 0 Å². The van der Waals surface area contributed by atoms with Crippen molar-refractivity contribution in [2.45, 2.75) is 12.4 Å². The van der Waals surface area contributed by atoms with Gasteiger partial charge in [-0.3, -0.25) is 0 Å². The van der Waals surface area contributed by atoms with Gasteiger partial charge >= 0.3 is 16.8 Å². The first kappa shape index (κ1) is 13.1. The van der Waals surface area contributed by atoms with Crippen LogP contribution in [0.1, 0.15) is 5.56 Å². The Bertz CT molecular complexity index is 475. The van der Waals surface area contributed by atoms with Crippen molar-refractivity contribution in [2.75, 3.05) is 0 Å². The fraction of sp³-hybridized carbons (Fsp3) is 0.250. The molecule has 1 rings (SSSR count). The van der Waals surface area contributed by atoms with E-state index in [1.165, 1.54) is 6.07 Å². The SMILES string of the molecule is O=S(=O)(F)Cc1cc(Cl)ccc1OC(F)F. The topological polar surface area (TPSA) is 43.4 Å². The summed E-state index contributed by atoms with van der Waals surface area (Å²) in [5.74, 6) is -1.48. The van der Waals surface area contributed by atoms with Gasteiger partial charge in [-0.15, -0.1) is 3.89 Å². The second-order valence-corrected chi connectivity index (χ2v) is 4.62. The molecule has 0 atom stereocenters. The average molecular weight is 275 g/mol. The first-order valence-corrected chi connectivity index (χ1v) is 5.86. The van der Waals surface area contributed by atoms with E-state index in [2.05, 4.69) is 4.74 Å². The molecule has 0 heterocycles. The largest absolute Gasteiger partial charge is 0.435 e. The molecule has 3 nitrogen and oxygen atoms in total. The summed E-state index contributed by atoms with van der Waals surface area (Å²) in [5.41, 5.74) is -0.254. The Hall–Kier alpha value is -0.950. The Morgan fingerprint density at radius 3 is 2.50 bits per heavy atom. The molecule has 90 valence electrons. The molecule has 0 saturated carbocycles. The Balaban J connectivity index is 3.08. The van der Waals surface area contributed by atoms with Crippen molar-refractivity contribution in [3.63, 3.8) is 0 Å². The number of hydrogen-bond donors (Lipinski definition) is 0. The van der Waals surface area contributed by atoms with Crippen molar-refractivity contribution in [1.29, 1.82) is 0 Å². The highest BCUT2D eigenvalue weighted by molar-refractivity contribution is 7.85. The molecule has 0 aromatic heterocycles. The van der Waals surface area contributed by atoms with E-state index in [0.717, 1.165) is 12.1 Å². The van der Waals surface area contributed by atoms with Crippen molar-refractivity contribution in [1.82, 2.24) is 0 Å². The van der Waals surface area contributed by atoms with Gasteiger partial charge < -0.3 is 4.74 Å². The maximum absolute atomic E-state index is 12.4. The summed E-state index contributed by atoms with van der Waals surface area (Å²) in [6, 6.07) is 3.33. The van der Waals surface area contributed by atoms with Crippen LogP contribution in [0.15, 0.2) is 18.2 Å². The predicted molar refractivity (Wildman–Crippen MR) is 51.8 cm³/mol. The lowest BCUT2D eigenvalue weighted by molar-refractivity contribution is -0.0503. The number of hydrogen-bond acceptors (Lipinski definition) is 3. The molecule has 1 aromatic rings. The van der Waals surface area contributed by atoms with Gasteiger partial charge in [0, 0.05) is 10.6 Å². The van der Waals surface area contributed by atoms with Crippen LogP contribution < -0.4 is 4.74 Å². The van der Waals surface area contributed by atoms with Crippen LogP contribution in [0.2, 0.25) is 5.02 Å². The molecule has 0 N–H and O–H groups in total. The van der Waals surface area contributed by atoms with Crippen LogP contribution in [0.4, 0.5) is 12.7 Å². The Kier molecular flexibility index (Phi) is 4.03. The van der Waals surface area contributed by atoms with Crippen molar-refractivity contribution >= 4 is 21.8 Å². The minimum Gasteiger partial charge on any atom is -0.435 e. The summed E-state index contributed by atoms with van der Waals surface area (Å²) >= 11 is 5.52. The second-order valence-electron chi connectivity index (χ2n) is 2.81. The summed E-state index contributed by atoms with van der Waals surface area (Å²) in [4.78, 5) is 0. The number of benzene rings is 1. The molecule has 0 fully saturated rings. The van der Waals surface area contributed by atoms with Crippen molar-refractivity contribution in [2.24, 2.45) is 0 Å². The van der Waals surface area contributed by atoms with Crippen molar-refractivity contribution in [3.05, 3.63) is 28.8 Å². The molecule has 0 aliphatic heterocycles. The van der Waals surface area contributed by atoms with Crippen LogP contribution in [-0.2, 0) is 16.0 Å². The molecular weight excluding hydrogens is 269 g/mol. The smallest absolute Gasteiger partial charge is 0.387 e. The molecule has 1 aromatic carbocycles. The van der Waals surface area contributed by atoms with E-state index in [1.807, 2.05) is 0 Å². The van der Waals surface area contributed by atoms with Gasteiger partial charge in [-0.25, -0.2) is 0 Å². The number of ether oxygens (including phenoxy) is 1. The van der Waals surface area contributed by atoms with Gasteiger partial charge in [0.2, 0.25) is 0 Å². The second kappa shape index (κ2) is 4.92. The van der Waals surface area contributed by atoms with E-state index in [9.17, 15) is 21.1 Å². The van der Waals surface area contributed by atoms with Gasteiger partial charge in [-0.2, -0.15) is 17.2 Å². The molecule has 0 aliphatic rings. The maximum Gasteiger partial charge on any atom is 0.387 e. The molecule has 0 radical (unpaired) electrons. The molecule has 0 spiro atoms. The fourth-order valence-corrected chi connectivity index (χ4v) is 1.85. The Labute approximate surface area is 95.0 Å². The van der Waals surface area contributed by atoms with E-state index in [0.29, 0.717) is 0 Å². The normalized spacial score (nSPS) is 11.8. The summed E-state index contributed by atoms with van der Waals surface area (Å²) in [7, 11) is -4.84. The standard InChI is InChI=1S/C8H6ClF3O3S/c9-6-1-2-7(15-8(10)11)5(3-6)4-16(12,13)14/h1-3,8H,4H2. The predicted octanol–water partition coefficient (Wildman–Crippen LogP) is 2.74. The molecule has 0 bridgehead atoms. The lowest BCUT2D eigenvalue weighted by Gasteiger charge is -2.09. The minimum atomic E-state index is -4.84. The molecule has 0 saturated heterocycles. The maximum atomic E-state index is 12.4. The van der Waals surface area contributed by atoms with Crippen LogP contribution in [-0.4, -0.2) is 15.0 Å². The van der Waals surface area contributed by atoms with Gasteiger partial charge in [0.25, 0.3) is 0 Å². The quantitative estimate of drug-likeness (QED) is 0.793. The first-order chi connectivity index (χ1) is 7.28. The zero-order chi connectivity index (χ0) is 12.3. The van der Waals surface area contributed by atoms with E-state index in [4.69, 9.17) is 11.6 Å². The lowest BCUT2D eigenvalue weighted by atomic mass is 10.2. The number of rotatable bonds is 4. The first-order valence-electron chi connectivity index (χ1n) is 3.93. The summed E-state index contributed by atoms with van der Waals surface area (Å²) in [5, 5.41) is 0.0975. The van der Waals surface area contributed by atoms with Gasteiger partial charge in [-0.05, 0) is 18.2 Å². The monoisotopic (exact) mass is 274 g/mol. The Morgan fingerprint density at radius 2 is 2.00 bits per heavy atom. The van der Waals surface area contributed by atoms with Gasteiger partial charge in [0.1, 0.15) is 11.5 Å². The third-order valence-corrected chi connectivity index (χ3v) is 2.46. The molecular formula is C8H6ClF3O3S. The third kappa shape index (κ3) is 4.28. The van der Waals surface area contributed by atoms with Crippen LogP contribution in [0.5, 0.6) is 5.75 Å². The molecule has 0 amide bonds. The highest BCUT2D eigenvalue weighted by atomic mass is 35.5. The molecule has 8 heteroatoms. The lowest BCUT2D eigenvalue weighted by Crippen LogP contribution is -2.06. The number of alkyl halides is 2. The minimum absolute atomic E-state index is 0.0975. The van der Waals surface area contributed by atoms with Gasteiger partial charge in [0.15, 0.2) is 0 Å². The van der Waals surface area contributed by atoms with Crippen molar-refractivity contribution in [3.8, 4) is 5.75 Å². The van der Waals surface area contributed by atoms with Crippen LogP contribution >= 0.6 is 11.6 Å². The van der Waals surface area contributed by atoms with Crippen LogP contribution in [0, 0.1) is 0 Å². The summed E-state index contributed by atoms with van der Waals surface area (Å²) < 4.78 is 61.1. The van der Waals surface area contributed by atoms with Crippen molar-refractivity contribution < 1.29 is 25.8 Å². The zero-order valence-electron chi connectivity index (χ0n) is 7.66. The molecule has 0 unspecified atom stereocenters. The molecule has 16 heavy (non-hydrogen) atoms.